The van der Waals surface area contributed by atoms with Gasteiger partial charge in [0.1, 0.15) is 5.69 Å². The van der Waals surface area contributed by atoms with Gasteiger partial charge in [0.05, 0.1) is 6.20 Å². The van der Waals surface area contributed by atoms with Crippen LogP contribution in [0.4, 0.5) is 0 Å². The molecule has 0 saturated heterocycles. The van der Waals surface area contributed by atoms with Gasteiger partial charge in [-0.2, -0.15) is 0 Å². The Morgan fingerprint density at radius 1 is 1.18 bits per heavy atom. The zero-order valence-electron chi connectivity index (χ0n) is 12.5. The van der Waals surface area contributed by atoms with Crippen molar-refractivity contribution >= 4 is 23.6 Å². The predicted octanol–water partition coefficient (Wildman–Crippen LogP) is 1.46. The highest BCUT2D eigenvalue weighted by Crippen LogP contribution is 2.21. The molecule has 0 saturated carbocycles. The summed E-state index contributed by atoms with van der Waals surface area (Å²) in [4.78, 5) is 27.4. The van der Waals surface area contributed by atoms with E-state index in [4.69, 9.17) is 0 Å². The normalized spacial score (nSPS) is 10.3. The van der Waals surface area contributed by atoms with Gasteiger partial charge in [0.15, 0.2) is 5.16 Å². The van der Waals surface area contributed by atoms with Crippen molar-refractivity contribution < 1.29 is 9.59 Å². The number of hydrogen-bond donors (Lipinski definition) is 2. The highest BCUT2D eigenvalue weighted by molar-refractivity contribution is 7.98. The number of carbonyl (C=O) groups excluding carboxylic acids is 2. The highest BCUT2D eigenvalue weighted by Gasteiger charge is 2.17. The largest absolute Gasteiger partial charge is 0.355 e. The number of aromatic nitrogens is 2. The van der Waals surface area contributed by atoms with Gasteiger partial charge in [-0.15, -0.1) is 0 Å². The van der Waals surface area contributed by atoms with Gasteiger partial charge in [-0.3, -0.25) is 14.2 Å². The molecule has 2 rings (SSSR count). The number of carbonyl (C=O) groups is 2. The summed E-state index contributed by atoms with van der Waals surface area (Å²) in [5, 5.41) is 6.16. The van der Waals surface area contributed by atoms with Crippen molar-refractivity contribution in [2.45, 2.75) is 12.1 Å². The first-order chi connectivity index (χ1) is 10.6. The standard InChI is InChI=1S/C15H18N4O2S/c1-11(20)16-8-9-17-14(21)13-10-18-15(22-2)19(13)12-6-4-3-5-7-12/h3-7,10H,8-9H2,1-2H3,(H,16,20)(H,17,21). The van der Waals surface area contributed by atoms with Crippen LogP contribution in [0.15, 0.2) is 41.7 Å². The summed E-state index contributed by atoms with van der Waals surface area (Å²) in [7, 11) is 0. The summed E-state index contributed by atoms with van der Waals surface area (Å²) in [6, 6.07) is 9.60. The summed E-state index contributed by atoms with van der Waals surface area (Å²) in [6.07, 6.45) is 3.48. The quantitative estimate of drug-likeness (QED) is 0.624. The van der Waals surface area contributed by atoms with Crippen LogP contribution in [0.25, 0.3) is 5.69 Å². The van der Waals surface area contributed by atoms with Crippen molar-refractivity contribution in [3.8, 4) is 5.69 Å². The van der Waals surface area contributed by atoms with E-state index < -0.39 is 0 Å². The molecule has 2 aromatic rings. The van der Waals surface area contributed by atoms with E-state index in [0.717, 1.165) is 10.8 Å². The Bertz CT molecular complexity index is 655. The Morgan fingerprint density at radius 3 is 2.50 bits per heavy atom. The fourth-order valence-electron chi connectivity index (χ4n) is 1.97. The van der Waals surface area contributed by atoms with Gasteiger partial charge in [-0.1, -0.05) is 30.0 Å². The van der Waals surface area contributed by atoms with Crippen LogP contribution >= 0.6 is 11.8 Å². The van der Waals surface area contributed by atoms with E-state index >= 15 is 0 Å². The average molecular weight is 318 g/mol. The number of thioether (sulfide) groups is 1. The molecule has 0 fully saturated rings. The van der Waals surface area contributed by atoms with Crippen molar-refractivity contribution in [1.82, 2.24) is 20.2 Å². The van der Waals surface area contributed by atoms with E-state index in [2.05, 4.69) is 15.6 Å². The Balaban J connectivity index is 2.16. The second-order valence-corrected chi connectivity index (χ2v) is 5.31. The van der Waals surface area contributed by atoms with Gasteiger partial charge in [0, 0.05) is 25.7 Å². The number of rotatable bonds is 6. The number of para-hydroxylation sites is 1. The molecule has 2 N–H and O–H groups in total. The third-order valence-electron chi connectivity index (χ3n) is 2.94. The number of nitrogens with zero attached hydrogens (tertiary/aromatic N) is 2. The fourth-order valence-corrected chi connectivity index (χ4v) is 2.52. The van der Waals surface area contributed by atoms with Gasteiger partial charge < -0.3 is 10.6 Å². The van der Waals surface area contributed by atoms with Crippen LogP contribution in [0.2, 0.25) is 0 Å². The molecule has 0 aliphatic rings. The predicted molar refractivity (Wildman–Crippen MR) is 86.4 cm³/mol. The molecule has 0 radical (unpaired) electrons. The Morgan fingerprint density at radius 2 is 1.86 bits per heavy atom. The topological polar surface area (TPSA) is 76.0 Å². The monoisotopic (exact) mass is 318 g/mol. The molecule has 1 heterocycles. The molecule has 0 aliphatic heterocycles. The Labute approximate surface area is 133 Å². The number of benzene rings is 1. The molecule has 0 atom stereocenters. The minimum Gasteiger partial charge on any atom is -0.355 e. The molecule has 1 aromatic carbocycles. The SMILES string of the molecule is CSc1ncc(C(=O)NCCNC(C)=O)n1-c1ccccc1. The van der Waals surface area contributed by atoms with Crippen LogP contribution < -0.4 is 10.6 Å². The number of imidazole rings is 1. The van der Waals surface area contributed by atoms with Crippen molar-refractivity contribution in [3.05, 3.63) is 42.2 Å². The summed E-state index contributed by atoms with van der Waals surface area (Å²) in [5.74, 6) is -0.338. The van der Waals surface area contributed by atoms with Crippen LogP contribution in [0.1, 0.15) is 17.4 Å². The van der Waals surface area contributed by atoms with E-state index in [0.29, 0.717) is 18.8 Å². The van der Waals surface area contributed by atoms with Crippen molar-refractivity contribution in [2.24, 2.45) is 0 Å². The van der Waals surface area contributed by atoms with Gasteiger partial charge >= 0.3 is 0 Å². The van der Waals surface area contributed by atoms with Crippen LogP contribution in [-0.2, 0) is 4.79 Å². The van der Waals surface area contributed by atoms with Gasteiger partial charge in [0.2, 0.25) is 5.91 Å². The summed E-state index contributed by atoms with van der Waals surface area (Å²) in [5.41, 5.74) is 1.36. The van der Waals surface area contributed by atoms with Crippen molar-refractivity contribution in [3.63, 3.8) is 0 Å². The molecular formula is C15H18N4O2S. The smallest absolute Gasteiger partial charge is 0.270 e. The van der Waals surface area contributed by atoms with Crippen LogP contribution in [-0.4, -0.2) is 40.7 Å². The molecule has 0 spiro atoms. The zero-order chi connectivity index (χ0) is 15.9. The number of amides is 2. The third kappa shape index (κ3) is 3.88. The molecule has 2 amide bonds. The molecular weight excluding hydrogens is 300 g/mol. The maximum atomic E-state index is 12.3. The van der Waals surface area contributed by atoms with Crippen LogP contribution in [0.3, 0.4) is 0 Å². The lowest BCUT2D eigenvalue weighted by molar-refractivity contribution is -0.118. The fraction of sp³-hybridized carbons (Fsp3) is 0.267. The van der Waals surface area contributed by atoms with E-state index in [9.17, 15) is 9.59 Å². The summed E-state index contributed by atoms with van der Waals surface area (Å²) < 4.78 is 1.82. The van der Waals surface area contributed by atoms with Crippen LogP contribution in [0, 0.1) is 0 Å². The second kappa shape index (κ2) is 7.65. The minimum atomic E-state index is -0.220. The average Bonchev–Trinajstić information content (AvgIpc) is 2.96. The molecule has 0 aliphatic carbocycles. The lowest BCUT2D eigenvalue weighted by Crippen LogP contribution is -2.34. The summed E-state index contributed by atoms with van der Waals surface area (Å²) >= 11 is 1.48. The maximum absolute atomic E-state index is 12.3. The number of hydrogen-bond acceptors (Lipinski definition) is 4. The first-order valence-corrected chi connectivity index (χ1v) is 8.05. The van der Waals surface area contributed by atoms with Gasteiger partial charge in [-0.05, 0) is 18.4 Å². The van der Waals surface area contributed by atoms with Crippen molar-refractivity contribution in [2.75, 3.05) is 19.3 Å². The molecule has 1 aromatic heterocycles. The first-order valence-electron chi connectivity index (χ1n) is 6.83. The lowest BCUT2D eigenvalue weighted by Gasteiger charge is -2.11. The molecule has 7 heteroatoms. The highest BCUT2D eigenvalue weighted by atomic mass is 32.2. The molecule has 6 nitrogen and oxygen atoms in total. The minimum absolute atomic E-state index is 0.117. The van der Waals surface area contributed by atoms with Crippen molar-refractivity contribution in [1.29, 1.82) is 0 Å². The zero-order valence-corrected chi connectivity index (χ0v) is 13.3. The molecule has 22 heavy (non-hydrogen) atoms. The number of nitrogens with one attached hydrogen (secondary N) is 2. The molecule has 0 bridgehead atoms. The Kier molecular flexibility index (Phi) is 5.60. The van der Waals surface area contributed by atoms with Gasteiger partial charge in [0.25, 0.3) is 5.91 Å². The second-order valence-electron chi connectivity index (χ2n) is 4.54. The van der Waals surface area contributed by atoms with E-state index in [-0.39, 0.29) is 11.8 Å². The van der Waals surface area contributed by atoms with E-state index in [1.807, 2.05) is 41.2 Å². The lowest BCUT2D eigenvalue weighted by atomic mass is 10.3. The van der Waals surface area contributed by atoms with E-state index in [1.165, 1.54) is 18.7 Å². The molecule has 116 valence electrons. The van der Waals surface area contributed by atoms with Crippen LogP contribution in [0.5, 0.6) is 0 Å². The Hall–Kier alpha value is -2.28. The first kappa shape index (κ1) is 16.1. The molecule has 0 unspecified atom stereocenters. The van der Waals surface area contributed by atoms with E-state index in [1.54, 1.807) is 6.20 Å². The maximum Gasteiger partial charge on any atom is 0.270 e. The summed E-state index contributed by atoms with van der Waals surface area (Å²) in [6.45, 7) is 2.21. The third-order valence-corrected chi connectivity index (χ3v) is 3.60. The van der Waals surface area contributed by atoms with Gasteiger partial charge in [-0.25, -0.2) is 4.98 Å².